The molecular formula is C17H16F2N4O3S. The lowest BCUT2D eigenvalue weighted by Gasteiger charge is -2.12. The molecule has 0 fully saturated rings. The molecule has 0 saturated carbocycles. The van der Waals surface area contributed by atoms with E-state index in [2.05, 4.69) is 10.1 Å². The fraction of sp³-hybridized carbons (Fsp3) is 0.176. The highest BCUT2D eigenvalue weighted by Gasteiger charge is 2.25. The molecule has 0 atom stereocenters. The molecule has 1 aromatic heterocycles. The van der Waals surface area contributed by atoms with E-state index in [0.29, 0.717) is 0 Å². The molecule has 0 amide bonds. The fourth-order valence-corrected chi connectivity index (χ4v) is 3.80. The molecule has 0 radical (unpaired) electrons. The van der Waals surface area contributed by atoms with Crippen LogP contribution < -0.4 is 5.73 Å². The van der Waals surface area contributed by atoms with Crippen LogP contribution in [-0.2, 0) is 10.0 Å². The summed E-state index contributed by atoms with van der Waals surface area (Å²) in [5.74, 6) is -2.52. The number of nitrogens with two attached hydrogens (primary N) is 1. The number of benzene rings is 2. The number of rotatable bonds is 4. The smallest absolute Gasteiger partial charge is 0.244 e. The van der Waals surface area contributed by atoms with Crippen molar-refractivity contribution in [3.05, 3.63) is 59.2 Å². The minimum absolute atomic E-state index is 0.136. The molecular weight excluding hydrogens is 378 g/mol. The number of anilines is 1. The summed E-state index contributed by atoms with van der Waals surface area (Å²) in [6.07, 6.45) is 0. The van der Waals surface area contributed by atoms with Crippen molar-refractivity contribution in [3.8, 4) is 0 Å². The topological polar surface area (TPSA) is 111 Å². The van der Waals surface area contributed by atoms with Crippen molar-refractivity contribution in [3.63, 3.8) is 0 Å². The van der Waals surface area contributed by atoms with E-state index in [9.17, 15) is 22.4 Å². The molecule has 27 heavy (non-hydrogen) atoms. The fourth-order valence-electron chi connectivity index (χ4n) is 2.65. The van der Waals surface area contributed by atoms with Crippen LogP contribution in [0.5, 0.6) is 0 Å². The van der Waals surface area contributed by atoms with Gasteiger partial charge in [-0.15, -0.1) is 0 Å². The molecule has 3 aromatic rings. The summed E-state index contributed by atoms with van der Waals surface area (Å²) in [7, 11) is -3.83. The normalized spacial score (nSPS) is 12.9. The maximum atomic E-state index is 14.1. The molecule has 2 aromatic carbocycles. The first-order chi connectivity index (χ1) is 12.7. The zero-order chi connectivity index (χ0) is 19.9. The van der Waals surface area contributed by atoms with E-state index in [1.165, 1.54) is 44.2 Å². The lowest BCUT2D eigenvalue weighted by Crippen LogP contribution is -2.23. The number of aromatic nitrogens is 2. The number of hydrogen-bond donors (Lipinski definition) is 2. The number of oxime groups is 1. The van der Waals surface area contributed by atoms with Crippen molar-refractivity contribution < 1.29 is 22.4 Å². The summed E-state index contributed by atoms with van der Waals surface area (Å²) in [4.78, 5) is 4.02. The summed E-state index contributed by atoms with van der Waals surface area (Å²) in [6, 6.07) is 7.69. The SMILES string of the molecule is CC(C)S(=O)(=O)n1c(N)nc2ccc(/C(=N/O)c3cccc(F)c3F)cc21. The third-order valence-corrected chi connectivity index (χ3v) is 6.15. The summed E-state index contributed by atoms with van der Waals surface area (Å²) >= 11 is 0. The monoisotopic (exact) mass is 394 g/mol. The van der Waals surface area contributed by atoms with Crippen LogP contribution in [0.25, 0.3) is 11.0 Å². The first-order valence-electron chi connectivity index (χ1n) is 7.87. The van der Waals surface area contributed by atoms with Gasteiger partial charge in [0.25, 0.3) is 0 Å². The Morgan fingerprint density at radius 2 is 1.96 bits per heavy atom. The van der Waals surface area contributed by atoms with E-state index < -0.39 is 26.9 Å². The van der Waals surface area contributed by atoms with Crippen molar-refractivity contribution in [1.29, 1.82) is 0 Å². The molecule has 1 heterocycles. The van der Waals surface area contributed by atoms with Crippen LogP contribution in [0.2, 0.25) is 0 Å². The second-order valence-electron chi connectivity index (χ2n) is 6.08. The lowest BCUT2D eigenvalue weighted by molar-refractivity contribution is 0.319. The Hall–Kier alpha value is -3.01. The van der Waals surface area contributed by atoms with Crippen molar-refractivity contribution >= 4 is 32.7 Å². The van der Waals surface area contributed by atoms with Gasteiger partial charge < -0.3 is 10.9 Å². The highest BCUT2D eigenvalue weighted by atomic mass is 32.2. The maximum Gasteiger partial charge on any atom is 0.244 e. The molecule has 0 bridgehead atoms. The van der Waals surface area contributed by atoms with Gasteiger partial charge in [-0.2, -0.15) is 0 Å². The molecule has 3 N–H and O–H groups in total. The van der Waals surface area contributed by atoms with E-state index in [-0.39, 0.29) is 33.8 Å². The predicted molar refractivity (Wildman–Crippen MR) is 97.4 cm³/mol. The van der Waals surface area contributed by atoms with Gasteiger partial charge in [-0.3, -0.25) is 0 Å². The Labute approximate surface area is 153 Å². The van der Waals surface area contributed by atoms with E-state index in [4.69, 9.17) is 5.73 Å². The second-order valence-corrected chi connectivity index (χ2v) is 8.42. The van der Waals surface area contributed by atoms with Crippen LogP contribution in [0.3, 0.4) is 0 Å². The van der Waals surface area contributed by atoms with Crippen LogP contribution in [0.15, 0.2) is 41.6 Å². The maximum absolute atomic E-state index is 14.1. The summed E-state index contributed by atoms with van der Waals surface area (Å²) in [5.41, 5.74) is 5.82. The van der Waals surface area contributed by atoms with Crippen LogP contribution in [0.1, 0.15) is 25.0 Å². The largest absolute Gasteiger partial charge is 0.410 e. The number of nitrogens with zero attached hydrogens (tertiary/aromatic N) is 3. The molecule has 3 rings (SSSR count). The molecule has 7 nitrogen and oxygen atoms in total. The number of imidazole rings is 1. The quantitative estimate of drug-likeness (QED) is 0.402. The number of nitrogen functional groups attached to an aromatic ring is 1. The molecule has 142 valence electrons. The minimum Gasteiger partial charge on any atom is -0.410 e. The van der Waals surface area contributed by atoms with Crippen LogP contribution in [0.4, 0.5) is 14.7 Å². The summed E-state index contributed by atoms with van der Waals surface area (Å²) in [5, 5.41) is 11.7. The van der Waals surface area contributed by atoms with Crippen molar-refractivity contribution in [2.45, 2.75) is 19.1 Å². The second kappa shape index (κ2) is 6.62. The number of fused-ring (bicyclic) bond motifs is 1. The highest BCUT2D eigenvalue weighted by Crippen LogP contribution is 2.25. The molecule has 0 aliphatic heterocycles. The zero-order valence-electron chi connectivity index (χ0n) is 14.4. The zero-order valence-corrected chi connectivity index (χ0v) is 15.2. The predicted octanol–water partition coefficient (Wildman–Crippen LogP) is 2.71. The van der Waals surface area contributed by atoms with Crippen molar-refractivity contribution in [2.24, 2.45) is 5.16 Å². The van der Waals surface area contributed by atoms with Gasteiger partial charge in [0.1, 0.15) is 5.71 Å². The summed E-state index contributed by atoms with van der Waals surface area (Å²) < 4.78 is 53.7. The third kappa shape index (κ3) is 3.01. The lowest BCUT2D eigenvalue weighted by atomic mass is 10.0. The Morgan fingerprint density at radius 3 is 2.59 bits per heavy atom. The molecule has 0 unspecified atom stereocenters. The van der Waals surface area contributed by atoms with Gasteiger partial charge in [0.2, 0.25) is 16.0 Å². The van der Waals surface area contributed by atoms with Crippen LogP contribution >= 0.6 is 0 Å². The van der Waals surface area contributed by atoms with Crippen molar-refractivity contribution in [2.75, 3.05) is 5.73 Å². The van der Waals surface area contributed by atoms with Crippen LogP contribution in [0, 0.1) is 11.6 Å². The first-order valence-corrected chi connectivity index (χ1v) is 9.38. The molecule has 0 saturated heterocycles. The Bertz CT molecular complexity index is 1170. The number of halogens is 2. The highest BCUT2D eigenvalue weighted by molar-refractivity contribution is 7.90. The van der Waals surface area contributed by atoms with Gasteiger partial charge in [-0.05, 0) is 38.1 Å². The Kier molecular flexibility index (Phi) is 4.60. The van der Waals surface area contributed by atoms with E-state index in [0.717, 1.165) is 10.0 Å². The van der Waals surface area contributed by atoms with Crippen molar-refractivity contribution in [1.82, 2.24) is 8.96 Å². The van der Waals surface area contributed by atoms with Gasteiger partial charge >= 0.3 is 0 Å². The minimum atomic E-state index is -3.83. The molecule has 0 spiro atoms. The van der Waals surface area contributed by atoms with Gasteiger partial charge in [0, 0.05) is 11.1 Å². The molecule has 10 heteroatoms. The van der Waals surface area contributed by atoms with E-state index in [1.807, 2.05) is 0 Å². The Balaban J connectivity index is 2.26. The standard InChI is InChI=1S/C17H16F2N4O3S/c1-9(2)27(25,26)23-14-8-10(6-7-13(14)21-17(23)20)16(22-24)11-4-3-5-12(18)15(11)19/h3-9,24H,1-2H3,(H2,20,21)/b22-16-. The number of hydrogen-bond acceptors (Lipinski definition) is 6. The first kappa shape index (κ1) is 18.8. The Morgan fingerprint density at radius 1 is 1.26 bits per heavy atom. The average Bonchev–Trinajstić information content (AvgIpc) is 2.94. The molecule has 0 aliphatic rings. The van der Waals surface area contributed by atoms with E-state index >= 15 is 0 Å². The summed E-state index contributed by atoms with van der Waals surface area (Å²) in [6.45, 7) is 2.99. The van der Waals surface area contributed by atoms with Gasteiger partial charge in [-0.1, -0.05) is 17.3 Å². The van der Waals surface area contributed by atoms with E-state index in [1.54, 1.807) is 0 Å². The molecule has 0 aliphatic carbocycles. The average molecular weight is 394 g/mol. The van der Waals surface area contributed by atoms with Gasteiger partial charge in [-0.25, -0.2) is 26.2 Å². The van der Waals surface area contributed by atoms with Gasteiger partial charge in [0.15, 0.2) is 11.6 Å². The third-order valence-electron chi connectivity index (χ3n) is 4.07. The van der Waals surface area contributed by atoms with Gasteiger partial charge in [0.05, 0.1) is 16.3 Å². The van der Waals surface area contributed by atoms with Crippen LogP contribution in [-0.4, -0.2) is 33.5 Å².